The molecule has 0 aliphatic rings. The summed E-state index contributed by atoms with van der Waals surface area (Å²) in [5.74, 6) is 0.920. The molecule has 0 amide bonds. The molecule has 1 N–H and O–H groups in total. The second-order valence-electron chi connectivity index (χ2n) is 4.08. The van der Waals surface area contributed by atoms with E-state index in [1.54, 1.807) is 11.3 Å². The monoisotopic (exact) mass is 261 g/mol. The third kappa shape index (κ3) is 3.26. The Hall–Kier alpha value is -1.48. The number of thiophene rings is 1. The number of hydrogen-bond acceptors (Lipinski definition) is 3. The van der Waals surface area contributed by atoms with Crippen LogP contribution in [0.3, 0.4) is 0 Å². The molecule has 0 bridgehead atoms. The second-order valence-corrected chi connectivity index (χ2v) is 5.06. The predicted molar refractivity (Wildman–Crippen MR) is 78.6 cm³/mol. The van der Waals surface area contributed by atoms with E-state index in [4.69, 9.17) is 4.74 Å². The zero-order chi connectivity index (χ0) is 12.8. The van der Waals surface area contributed by atoms with Gasteiger partial charge >= 0.3 is 0 Å². The summed E-state index contributed by atoms with van der Waals surface area (Å²) >= 11 is 1.80. The summed E-state index contributed by atoms with van der Waals surface area (Å²) in [7, 11) is 0. The molecule has 0 aliphatic carbocycles. The van der Waals surface area contributed by atoms with E-state index in [2.05, 4.69) is 41.9 Å². The highest BCUT2D eigenvalue weighted by Gasteiger charge is 2.10. The van der Waals surface area contributed by atoms with Crippen LogP contribution in [0.2, 0.25) is 0 Å². The van der Waals surface area contributed by atoms with E-state index in [1.165, 1.54) is 4.88 Å². The van der Waals surface area contributed by atoms with Crippen LogP contribution < -0.4 is 10.1 Å². The lowest BCUT2D eigenvalue weighted by Gasteiger charge is -2.17. The van der Waals surface area contributed by atoms with Crippen molar-refractivity contribution in [3.63, 3.8) is 0 Å². The summed E-state index contributed by atoms with van der Waals surface area (Å²) in [5, 5.41) is 5.68. The van der Waals surface area contributed by atoms with Gasteiger partial charge < -0.3 is 10.1 Å². The Balaban J connectivity index is 2.09. The van der Waals surface area contributed by atoms with Gasteiger partial charge in [-0.15, -0.1) is 11.3 Å². The third-order valence-electron chi connectivity index (χ3n) is 2.78. The molecule has 18 heavy (non-hydrogen) atoms. The van der Waals surface area contributed by atoms with Gasteiger partial charge in [0.2, 0.25) is 0 Å². The SMILES string of the molecule is CCOc1cccc(NC(CC)c2cccs2)c1. The molecule has 96 valence electrons. The molecule has 0 fully saturated rings. The molecular weight excluding hydrogens is 242 g/mol. The fourth-order valence-corrected chi connectivity index (χ4v) is 2.77. The summed E-state index contributed by atoms with van der Waals surface area (Å²) in [4.78, 5) is 1.37. The maximum atomic E-state index is 5.52. The van der Waals surface area contributed by atoms with Crippen LogP contribution in [0.1, 0.15) is 31.2 Å². The van der Waals surface area contributed by atoms with Crippen LogP contribution in [-0.2, 0) is 0 Å². The number of anilines is 1. The van der Waals surface area contributed by atoms with Gasteiger partial charge in [0.25, 0.3) is 0 Å². The number of hydrogen-bond donors (Lipinski definition) is 1. The van der Waals surface area contributed by atoms with Crippen LogP contribution in [-0.4, -0.2) is 6.61 Å². The standard InChI is InChI=1S/C15H19NOS/c1-3-14(15-9-6-10-18-15)16-12-7-5-8-13(11-12)17-4-2/h5-11,14,16H,3-4H2,1-2H3. The average Bonchev–Trinajstić information content (AvgIpc) is 2.90. The average molecular weight is 261 g/mol. The van der Waals surface area contributed by atoms with Crippen molar-refractivity contribution in [2.45, 2.75) is 26.3 Å². The Labute approximate surface area is 113 Å². The Bertz CT molecular complexity index is 467. The lowest BCUT2D eigenvalue weighted by molar-refractivity contribution is 0.340. The first-order valence-electron chi connectivity index (χ1n) is 6.36. The van der Waals surface area contributed by atoms with Crippen LogP contribution in [0, 0.1) is 0 Å². The zero-order valence-electron chi connectivity index (χ0n) is 10.8. The molecule has 0 saturated carbocycles. The van der Waals surface area contributed by atoms with Gasteiger partial charge in [-0.25, -0.2) is 0 Å². The van der Waals surface area contributed by atoms with Crippen LogP contribution in [0.5, 0.6) is 5.75 Å². The van der Waals surface area contributed by atoms with Gasteiger partial charge in [0, 0.05) is 16.6 Å². The predicted octanol–water partition coefficient (Wildman–Crippen LogP) is 4.71. The van der Waals surface area contributed by atoms with Crippen molar-refractivity contribution in [3.05, 3.63) is 46.7 Å². The van der Waals surface area contributed by atoms with Gasteiger partial charge in [0.1, 0.15) is 5.75 Å². The molecule has 0 spiro atoms. The molecule has 3 heteroatoms. The third-order valence-corrected chi connectivity index (χ3v) is 3.77. The van der Waals surface area contributed by atoms with E-state index in [1.807, 2.05) is 19.1 Å². The lowest BCUT2D eigenvalue weighted by atomic mass is 10.1. The molecule has 2 aromatic rings. The quantitative estimate of drug-likeness (QED) is 0.813. The van der Waals surface area contributed by atoms with Crippen LogP contribution in [0.15, 0.2) is 41.8 Å². The Morgan fingerprint density at radius 3 is 2.78 bits per heavy atom. The first-order chi connectivity index (χ1) is 8.83. The minimum Gasteiger partial charge on any atom is -0.494 e. The molecule has 1 unspecified atom stereocenters. The summed E-state index contributed by atoms with van der Waals surface area (Å²) in [6.07, 6.45) is 1.07. The van der Waals surface area contributed by atoms with Gasteiger partial charge in [0.15, 0.2) is 0 Å². The maximum absolute atomic E-state index is 5.52. The first-order valence-corrected chi connectivity index (χ1v) is 7.24. The molecule has 2 nitrogen and oxygen atoms in total. The van der Waals surface area contributed by atoms with E-state index in [9.17, 15) is 0 Å². The molecule has 1 aromatic carbocycles. The number of benzene rings is 1. The summed E-state index contributed by atoms with van der Waals surface area (Å²) in [5.41, 5.74) is 1.11. The number of ether oxygens (including phenoxy) is 1. The second kappa shape index (κ2) is 6.45. The lowest BCUT2D eigenvalue weighted by Crippen LogP contribution is -2.08. The molecule has 1 atom stereocenters. The van der Waals surface area contributed by atoms with Crippen molar-refractivity contribution in [2.24, 2.45) is 0 Å². The van der Waals surface area contributed by atoms with Crippen molar-refractivity contribution in [2.75, 3.05) is 11.9 Å². The van der Waals surface area contributed by atoms with Crippen molar-refractivity contribution in [1.82, 2.24) is 0 Å². The maximum Gasteiger partial charge on any atom is 0.121 e. The minimum absolute atomic E-state index is 0.377. The van der Waals surface area contributed by atoms with Gasteiger partial charge in [0.05, 0.1) is 12.6 Å². The van der Waals surface area contributed by atoms with Crippen LogP contribution in [0.25, 0.3) is 0 Å². The summed E-state index contributed by atoms with van der Waals surface area (Å²) < 4.78 is 5.52. The zero-order valence-corrected chi connectivity index (χ0v) is 11.7. The molecular formula is C15H19NOS. The highest BCUT2D eigenvalue weighted by atomic mass is 32.1. The van der Waals surface area contributed by atoms with Crippen LogP contribution >= 0.6 is 11.3 Å². The largest absolute Gasteiger partial charge is 0.494 e. The van der Waals surface area contributed by atoms with Gasteiger partial charge in [-0.1, -0.05) is 19.1 Å². The van der Waals surface area contributed by atoms with Gasteiger partial charge in [-0.2, -0.15) is 0 Å². The Kier molecular flexibility index (Phi) is 4.65. The van der Waals surface area contributed by atoms with E-state index in [0.29, 0.717) is 12.6 Å². The summed E-state index contributed by atoms with van der Waals surface area (Å²) in [6.45, 7) is 4.90. The minimum atomic E-state index is 0.377. The number of nitrogens with one attached hydrogen (secondary N) is 1. The van der Waals surface area contributed by atoms with Gasteiger partial charge in [-0.05, 0) is 36.9 Å². The topological polar surface area (TPSA) is 21.3 Å². The Morgan fingerprint density at radius 1 is 1.22 bits per heavy atom. The number of rotatable bonds is 6. The fourth-order valence-electron chi connectivity index (χ4n) is 1.91. The normalized spacial score (nSPS) is 12.1. The van der Waals surface area contributed by atoms with Gasteiger partial charge in [-0.3, -0.25) is 0 Å². The van der Waals surface area contributed by atoms with Crippen molar-refractivity contribution in [1.29, 1.82) is 0 Å². The highest BCUT2D eigenvalue weighted by molar-refractivity contribution is 7.10. The van der Waals surface area contributed by atoms with E-state index < -0.39 is 0 Å². The smallest absolute Gasteiger partial charge is 0.121 e. The van der Waals surface area contributed by atoms with E-state index in [-0.39, 0.29) is 0 Å². The molecule has 1 heterocycles. The Morgan fingerprint density at radius 2 is 2.11 bits per heavy atom. The van der Waals surface area contributed by atoms with E-state index in [0.717, 1.165) is 17.9 Å². The molecule has 2 rings (SSSR count). The van der Waals surface area contributed by atoms with Crippen molar-refractivity contribution >= 4 is 17.0 Å². The molecule has 0 aliphatic heterocycles. The molecule has 0 saturated heterocycles. The molecule has 0 radical (unpaired) electrons. The van der Waals surface area contributed by atoms with Crippen LogP contribution in [0.4, 0.5) is 5.69 Å². The highest BCUT2D eigenvalue weighted by Crippen LogP contribution is 2.27. The molecule has 1 aromatic heterocycles. The van der Waals surface area contributed by atoms with Crippen molar-refractivity contribution in [3.8, 4) is 5.75 Å². The van der Waals surface area contributed by atoms with E-state index >= 15 is 0 Å². The fraction of sp³-hybridized carbons (Fsp3) is 0.333. The first kappa shape index (κ1) is 13.0. The summed E-state index contributed by atoms with van der Waals surface area (Å²) in [6, 6.07) is 12.8. The van der Waals surface area contributed by atoms with Crippen molar-refractivity contribution < 1.29 is 4.74 Å².